The van der Waals surface area contributed by atoms with Crippen molar-refractivity contribution in [3.63, 3.8) is 0 Å². The third kappa shape index (κ3) is 2.34. The number of hydrogen-bond donors (Lipinski definition) is 0. The van der Waals surface area contributed by atoms with Crippen molar-refractivity contribution in [3.8, 4) is 0 Å². The molecule has 1 heterocycles. The zero-order valence-electron chi connectivity index (χ0n) is 9.89. The van der Waals surface area contributed by atoms with Crippen molar-refractivity contribution in [2.75, 3.05) is 18.5 Å². The van der Waals surface area contributed by atoms with Gasteiger partial charge in [-0.2, -0.15) is 0 Å². The molecule has 0 unspecified atom stereocenters. The Balaban J connectivity index is 1.64. The van der Waals surface area contributed by atoms with E-state index in [-0.39, 0.29) is 0 Å². The van der Waals surface area contributed by atoms with Crippen molar-refractivity contribution in [2.24, 2.45) is 5.92 Å². The lowest BCUT2D eigenvalue weighted by Gasteiger charge is -2.18. The van der Waals surface area contributed by atoms with Crippen molar-refractivity contribution in [3.05, 3.63) is 18.1 Å². The molecule has 0 aromatic carbocycles. The molecule has 0 bridgehead atoms. The van der Waals surface area contributed by atoms with E-state index in [2.05, 4.69) is 21.9 Å². The van der Waals surface area contributed by atoms with Gasteiger partial charge in [-0.15, -0.1) is 0 Å². The van der Waals surface area contributed by atoms with Crippen LogP contribution in [0, 0.1) is 5.92 Å². The summed E-state index contributed by atoms with van der Waals surface area (Å²) in [5.74, 6) is 3.79. The molecule has 16 heavy (non-hydrogen) atoms. The Bertz CT molecular complexity index is 369. The molecular formula is C13H19N3. The molecule has 1 aromatic rings. The lowest BCUT2D eigenvalue weighted by Crippen LogP contribution is -2.20. The number of nitrogens with zero attached hydrogens (tertiary/aromatic N) is 3. The molecule has 1 aromatic heterocycles. The molecule has 0 saturated heterocycles. The van der Waals surface area contributed by atoms with Crippen LogP contribution in [0.2, 0.25) is 0 Å². The van der Waals surface area contributed by atoms with E-state index in [4.69, 9.17) is 0 Å². The molecule has 2 fully saturated rings. The fourth-order valence-corrected chi connectivity index (χ4v) is 2.01. The second-order valence-corrected chi connectivity index (χ2v) is 5.20. The van der Waals surface area contributed by atoms with E-state index in [9.17, 15) is 0 Å². The Kier molecular flexibility index (Phi) is 2.54. The number of anilines is 1. The highest BCUT2D eigenvalue weighted by molar-refractivity contribution is 5.36. The molecule has 2 aliphatic rings. The van der Waals surface area contributed by atoms with Crippen LogP contribution in [0.15, 0.2) is 12.3 Å². The molecule has 0 N–H and O–H groups in total. The smallest absolute Gasteiger partial charge is 0.133 e. The SMILES string of the molecule is CN(CCC1CC1)c1ccnc(C2CC2)n1. The summed E-state index contributed by atoms with van der Waals surface area (Å²) in [5, 5.41) is 0. The molecular weight excluding hydrogens is 198 g/mol. The van der Waals surface area contributed by atoms with Crippen molar-refractivity contribution < 1.29 is 0 Å². The van der Waals surface area contributed by atoms with Gasteiger partial charge in [-0.3, -0.25) is 0 Å². The first-order chi connectivity index (χ1) is 7.83. The summed E-state index contributed by atoms with van der Waals surface area (Å²) in [7, 11) is 2.14. The van der Waals surface area contributed by atoms with Gasteiger partial charge in [0, 0.05) is 25.7 Å². The first-order valence-electron chi connectivity index (χ1n) is 6.37. The Hall–Kier alpha value is -1.12. The maximum absolute atomic E-state index is 4.65. The summed E-state index contributed by atoms with van der Waals surface area (Å²) in [6.45, 7) is 1.13. The summed E-state index contributed by atoms with van der Waals surface area (Å²) >= 11 is 0. The van der Waals surface area contributed by atoms with Crippen LogP contribution in [0.5, 0.6) is 0 Å². The normalized spacial score (nSPS) is 19.8. The van der Waals surface area contributed by atoms with E-state index < -0.39 is 0 Å². The summed E-state index contributed by atoms with van der Waals surface area (Å²) in [6.07, 6.45) is 8.64. The van der Waals surface area contributed by atoms with Crippen LogP contribution < -0.4 is 4.90 Å². The summed E-state index contributed by atoms with van der Waals surface area (Å²) in [5.41, 5.74) is 0. The van der Waals surface area contributed by atoms with Gasteiger partial charge in [0.15, 0.2) is 0 Å². The minimum absolute atomic E-state index is 0.650. The van der Waals surface area contributed by atoms with Gasteiger partial charge < -0.3 is 4.90 Å². The highest BCUT2D eigenvalue weighted by Crippen LogP contribution is 2.38. The predicted octanol–water partition coefficient (Wildman–Crippen LogP) is 2.59. The predicted molar refractivity (Wildman–Crippen MR) is 64.6 cm³/mol. The second kappa shape index (κ2) is 4.04. The molecule has 0 atom stereocenters. The van der Waals surface area contributed by atoms with Crippen molar-refractivity contribution in [1.82, 2.24) is 9.97 Å². The van der Waals surface area contributed by atoms with Crippen LogP contribution in [0.25, 0.3) is 0 Å². The van der Waals surface area contributed by atoms with Gasteiger partial charge >= 0.3 is 0 Å². The molecule has 0 amide bonds. The lowest BCUT2D eigenvalue weighted by atomic mass is 10.3. The van der Waals surface area contributed by atoms with Crippen LogP contribution in [0.3, 0.4) is 0 Å². The molecule has 2 aliphatic carbocycles. The van der Waals surface area contributed by atoms with Crippen molar-refractivity contribution in [1.29, 1.82) is 0 Å². The maximum Gasteiger partial charge on any atom is 0.133 e. The second-order valence-electron chi connectivity index (χ2n) is 5.20. The zero-order chi connectivity index (χ0) is 11.0. The summed E-state index contributed by atoms with van der Waals surface area (Å²) < 4.78 is 0. The lowest BCUT2D eigenvalue weighted by molar-refractivity contribution is 0.703. The first-order valence-corrected chi connectivity index (χ1v) is 6.37. The minimum atomic E-state index is 0.650. The first kappa shape index (κ1) is 10.1. The van der Waals surface area contributed by atoms with Gasteiger partial charge in [-0.25, -0.2) is 9.97 Å². The fraction of sp³-hybridized carbons (Fsp3) is 0.692. The van der Waals surface area contributed by atoms with Gasteiger partial charge in [0.25, 0.3) is 0 Å². The van der Waals surface area contributed by atoms with E-state index in [1.807, 2.05) is 12.3 Å². The van der Waals surface area contributed by atoms with Gasteiger partial charge in [-0.1, -0.05) is 12.8 Å². The van der Waals surface area contributed by atoms with Crippen molar-refractivity contribution >= 4 is 5.82 Å². The fourth-order valence-electron chi connectivity index (χ4n) is 2.01. The van der Waals surface area contributed by atoms with Crippen molar-refractivity contribution in [2.45, 2.75) is 38.0 Å². The molecule has 3 nitrogen and oxygen atoms in total. The van der Waals surface area contributed by atoms with E-state index in [0.717, 1.165) is 24.1 Å². The highest BCUT2D eigenvalue weighted by Gasteiger charge is 2.27. The number of hydrogen-bond acceptors (Lipinski definition) is 3. The Morgan fingerprint density at radius 1 is 1.31 bits per heavy atom. The zero-order valence-corrected chi connectivity index (χ0v) is 9.89. The third-order valence-electron chi connectivity index (χ3n) is 3.56. The molecule has 0 spiro atoms. The van der Waals surface area contributed by atoms with E-state index in [1.54, 1.807) is 0 Å². The topological polar surface area (TPSA) is 29.0 Å². The van der Waals surface area contributed by atoms with Gasteiger partial charge in [-0.05, 0) is 31.2 Å². The van der Waals surface area contributed by atoms with Gasteiger partial charge in [0.1, 0.15) is 11.6 Å². The van der Waals surface area contributed by atoms with Crippen LogP contribution in [-0.2, 0) is 0 Å². The quantitative estimate of drug-likeness (QED) is 0.759. The maximum atomic E-state index is 4.65. The Morgan fingerprint density at radius 2 is 2.12 bits per heavy atom. The van der Waals surface area contributed by atoms with E-state index >= 15 is 0 Å². The van der Waals surface area contributed by atoms with E-state index in [0.29, 0.717) is 5.92 Å². The molecule has 2 saturated carbocycles. The van der Waals surface area contributed by atoms with Gasteiger partial charge in [0.2, 0.25) is 0 Å². The highest BCUT2D eigenvalue weighted by atomic mass is 15.2. The minimum Gasteiger partial charge on any atom is -0.360 e. The average Bonchev–Trinajstić information content (AvgIpc) is 3.19. The molecule has 3 rings (SSSR count). The van der Waals surface area contributed by atoms with E-state index in [1.165, 1.54) is 32.1 Å². The van der Waals surface area contributed by atoms with Crippen LogP contribution >= 0.6 is 0 Å². The molecule has 0 radical (unpaired) electrons. The summed E-state index contributed by atoms with van der Waals surface area (Å²) in [4.78, 5) is 11.3. The third-order valence-corrected chi connectivity index (χ3v) is 3.56. The Morgan fingerprint density at radius 3 is 2.81 bits per heavy atom. The van der Waals surface area contributed by atoms with Crippen LogP contribution in [0.1, 0.15) is 43.8 Å². The number of aromatic nitrogens is 2. The molecule has 86 valence electrons. The summed E-state index contributed by atoms with van der Waals surface area (Å²) in [6, 6.07) is 2.03. The monoisotopic (exact) mass is 217 g/mol. The standard InChI is InChI=1S/C13H19N3/c1-16(9-7-10-2-3-10)12-6-8-14-13(15-12)11-4-5-11/h6,8,10-11H,2-5,7,9H2,1H3. The van der Waals surface area contributed by atoms with Crippen LogP contribution in [-0.4, -0.2) is 23.6 Å². The molecule has 0 aliphatic heterocycles. The largest absolute Gasteiger partial charge is 0.360 e. The van der Waals surface area contributed by atoms with Gasteiger partial charge in [0.05, 0.1) is 0 Å². The Labute approximate surface area is 96.9 Å². The number of rotatable bonds is 5. The molecule has 3 heteroatoms. The average molecular weight is 217 g/mol. The van der Waals surface area contributed by atoms with Crippen LogP contribution in [0.4, 0.5) is 5.82 Å².